The predicted molar refractivity (Wildman–Crippen MR) is 61.9 cm³/mol. The van der Waals surface area contributed by atoms with Crippen molar-refractivity contribution in [3.05, 3.63) is 29.8 Å². The van der Waals surface area contributed by atoms with Crippen LogP contribution in [-0.2, 0) is 4.74 Å². The minimum atomic E-state index is -2.80. The molecule has 1 aliphatic heterocycles. The Morgan fingerprint density at radius 1 is 1.35 bits per heavy atom. The van der Waals surface area contributed by atoms with Gasteiger partial charge >= 0.3 is 6.61 Å². The largest absolute Gasteiger partial charge is 0.434 e. The van der Waals surface area contributed by atoms with Crippen molar-refractivity contribution in [1.82, 2.24) is 5.32 Å². The summed E-state index contributed by atoms with van der Waals surface area (Å²) in [5, 5.41) is 3.20. The highest BCUT2D eigenvalue weighted by molar-refractivity contribution is 5.85. The van der Waals surface area contributed by atoms with Gasteiger partial charge in [-0.05, 0) is 6.07 Å². The van der Waals surface area contributed by atoms with E-state index in [1.165, 1.54) is 6.07 Å². The van der Waals surface area contributed by atoms with E-state index in [4.69, 9.17) is 4.74 Å². The molecule has 1 aliphatic rings. The first-order valence-electron chi connectivity index (χ1n) is 5.12. The van der Waals surface area contributed by atoms with Crippen LogP contribution in [-0.4, -0.2) is 26.4 Å². The van der Waals surface area contributed by atoms with Crippen LogP contribution in [0.15, 0.2) is 24.3 Å². The highest BCUT2D eigenvalue weighted by Gasteiger charge is 2.20. The van der Waals surface area contributed by atoms with Gasteiger partial charge in [-0.1, -0.05) is 18.2 Å². The van der Waals surface area contributed by atoms with Crippen LogP contribution >= 0.6 is 12.4 Å². The van der Waals surface area contributed by atoms with E-state index in [-0.39, 0.29) is 24.2 Å². The molecule has 0 bridgehead atoms. The minimum Gasteiger partial charge on any atom is -0.434 e. The van der Waals surface area contributed by atoms with Crippen LogP contribution in [0.2, 0.25) is 0 Å². The van der Waals surface area contributed by atoms with Gasteiger partial charge in [0.1, 0.15) is 5.75 Å². The van der Waals surface area contributed by atoms with Crippen LogP contribution in [0.5, 0.6) is 5.75 Å². The molecule has 96 valence electrons. The average molecular weight is 266 g/mol. The topological polar surface area (TPSA) is 30.5 Å². The molecule has 1 fully saturated rings. The minimum absolute atomic E-state index is 0. The quantitative estimate of drug-likeness (QED) is 0.910. The molecule has 1 N–H and O–H groups in total. The van der Waals surface area contributed by atoms with Crippen molar-refractivity contribution < 1.29 is 18.3 Å². The molecule has 0 unspecified atom stereocenters. The summed E-state index contributed by atoms with van der Waals surface area (Å²) in [6, 6.07) is 6.69. The van der Waals surface area contributed by atoms with E-state index in [1.807, 2.05) is 0 Å². The average Bonchev–Trinajstić information content (AvgIpc) is 2.30. The Morgan fingerprint density at radius 3 is 2.76 bits per heavy atom. The summed E-state index contributed by atoms with van der Waals surface area (Å²) in [7, 11) is 0. The number of hydrogen-bond acceptors (Lipinski definition) is 3. The fraction of sp³-hybridized carbons (Fsp3) is 0.455. The van der Waals surface area contributed by atoms with E-state index >= 15 is 0 Å². The lowest BCUT2D eigenvalue weighted by molar-refractivity contribution is -0.0512. The third-order valence-corrected chi connectivity index (χ3v) is 2.43. The third-order valence-electron chi connectivity index (χ3n) is 2.43. The Balaban J connectivity index is 0.00000144. The van der Waals surface area contributed by atoms with Gasteiger partial charge < -0.3 is 14.8 Å². The normalized spacial score (nSPS) is 19.8. The first-order chi connectivity index (χ1) is 7.77. The number of halogens is 3. The van der Waals surface area contributed by atoms with Crippen molar-refractivity contribution in [2.75, 3.05) is 19.8 Å². The summed E-state index contributed by atoms with van der Waals surface area (Å²) in [4.78, 5) is 0. The Morgan fingerprint density at radius 2 is 2.12 bits per heavy atom. The Hall–Kier alpha value is -0.910. The van der Waals surface area contributed by atoms with E-state index in [2.05, 4.69) is 10.1 Å². The van der Waals surface area contributed by atoms with Crippen molar-refractivity contribution in [2.45, 2.75) is 12.7 Å². The van der Waals surface area contributed by atoms with Crippen molar-refractivity contribution in [2.24, 2.45) is 0 Å². The summed E-state index contributed by atoms with van der Waals surface area (Å²) >= 11 is 0. The van der Waals surface area contributed by atoms with Crippen molar-refractivity contribution in [1.29, 1.82) is 0 Å². The lowest BCUT2D eigenvalue weighted by Gasteiger charge is -2.25. The van der Waals surface area contributed by atoms with Gasteiger partial charge in [0.05, 0.1) is 19.3 Å². The summed E-state index contributed by atoms with van der Waals surface area (Å²) in [5.41, 5.74) is 0.711. The molecule has 1 atom stereocenters. The zero-order chi connectivity index (χ0) is 11.4. The fourth-order valence-electron chi connectivity index (χ4n) is 1.74. The maximum Gasteiger partial charge on any atom is 0.387 e. The number of nitrogens with one attached hydrogen (secondary N) is 1. The maximum absolute atomic E-state index is 12.2. The van der Waals surface area contributed by atoms with Crippen molar-refractivity contribution in [3.63, 3.8) is 0 Å². The van der Waals surface area contributed by atoms with Crippen molar-refractivity contribution >= 4 is 12.4 Å². The second kappa shape index (κ2) is 6.74. The highest BCUT2D eigenvalue weighted by Crippen LogP contribution is 2.27. The first-order valence-corrected chi connectivity index (χ1v) is 5.12. The van der Waals surface area contributed by atoms with E-state index in [0.717, 1.165) is 0 Å². The number of alkyl halides is 2. The predicted octanol–water partition coefficient (Wildman–Crippen LogP) is 2.37. The molecule has 1 heterocycles. The van der Waals surface area contributed by atoms with E-state index < -0.39 is 6.61 Å². The molecule has 0 aromatic heterocycles. The van der Waals surface area contributed by atoms with E-state index in [0.29, 0.717) is 25.3 Å². The molecule has 1 aromatic rings. The van der Waals surface area contributed by atoms with Crippen LogP contribution in [0.3, 0.4) is 0 Å². The van der Waals surface area contributed by atoms with Crippen LogP contribution in [0.1, 0.15) is 11.6 Å². The number of para-hydroxylation sites is 1. The number of benzene rings is 1. The lowest BCUT2D eigenvalue weighted by atomic mass is 10.1. The van der Waals surface area contributed by atoms with E-state index in [1.54, 1.807) is 18.2 Å². The zero-order valence-electron chi connectivity index (χ0n) is 9.07. The van der Waals surface area contributed by atoms with Crippen molar-refractivity contribution in [3.8, 4) is 5.75 Å². The molecule has 0 amide bonds. The van der Waals surface area contributed by atoms with Gasteiger partial charge in [-0.3, -0.25) is 0 Å². The molecule has 17 heavy (non-hydrogen) atoms. The summed E-state index contributed by atoms with van der Waals surface area (Å²) in [6.45, 7) is -0.961. The molecule has 0 radical (unpaired) electrons. The van der Waals surface area contributed by atoms with Gasteiger partial charge in [0, 0.05) is 12.1 Å². The van der Waals surface area contributed by atoms with Gasteiger partial charge in [-0.2, -0.15) is 8.78 Å². The highest BCUT2D eigenvalue weighted by atomic mass is 35.5. The standard InChI is InChI=1S/C11H13F2NO2.ClH/c12-11(13)16-10-4-2-1-3-8(10)9-7-15-6-5-14-9;/h1-4,9,11,14H,5-7H2;1H/t9-;/m0./s1. The number of morpholine rings is 1. The summed E-state index contributed by atoms with van der Waals surface area (Å²) in [5.74, 6) is 0.209. The van der Waals surface area contributed by atoms with Gasteiger partial charge in [0.2, 0.25) is 0 Å². The number of rotatable bonds is 3. The molecule has 3 nitrogen and oxygen atoms in total. The van der Waals surface area contributed by atoms with Crippen LogP contribution in [0.25, 0.3) is 0 Å². The zero-order valence-corrected chi connectivity index (χ0v) is 9.88. The second-order valence-corrected chi connectivity index (χ2v) is 3.50. The summed E-state index contributed by atoms with van der Waals surface area (Å²) in [6.07, 6.45) is 0. The van der Waals surface area contributed by atoms with Crippen LogP contribution in [0.4, 0.5) is 8.78 Å². The second-order valence-electron chi connectivity index (χ2n) is 3.50. The molecule has 0 aliphatic carbocycles. The van der Waals surface area contributed by atoms with Gasteiger partial charge in [-0.25, -0.2) is 0 Å². The SMILES string of the molecule is Cl.FC(F)Oc1ccccc1[C@@H]1COCCN1. The fourth-order valence-corrected chi connectivity index (χ4v) is 1.74. The summed E-state index contributed by atoms with van der Waals surface area (Å²) < 4.78 is 34.1. The Bertz CT molecular complexity index is 346. The molecule has 2 rings (SSSR count). The Labute approximate surface area is 105 Å². The molecule has 0 spiro atoms. The molecule has 0 saturated carbocycles. The smallest absolute Gasteiger partial charge is 0.387 e. The number of ether oxygens (including phenoxy) is 2. The first kappa shape index (κ1) is 14.2. The maximum atomic E-state index is 12.2. The van der Waals surface area contributed by atoms with Gasteiger partial charge in [0.15, 0.2) is 0 Å². The number of hydrogen-bond donors (Lipinski definition) is 1. The molecule has 1 saturated heterocycles. The third kappa shape index (κ3) is 3.80. The molecular weight excluding hydrogens is 252 g/mol. The van der Waals surface area contributed by atoms with Crippen LogP contribution < -0.4 is 10.1 Å². The Kier molecular flexibility index (Phi) is 5.61. The van der Waals surface area contributed by atoms with Gasteiger partial charge in [0.25, 0.3) is 0 Å². The monoisotopic (exact) mass is 265 g/mol. The van der Waals surface area contributed by atoms with E-state index in [9.17, 15) is 8.78 Å². The molecule has 1 aromatic carbocycles. The van der Waals surface area contributed by atoms with Crippen LogP contribution in [0, 0.1) is 0 Å². The molecule has 6 heteroatoms. The lowest BCUT2D eigenvalue weighted by Crippen LogP contribution is -2.34. The van der Waals surface area contributed by atoms with Gasteiger partial charge in [-0.15, -0.1) is 12.4 Å². The molecular formula is C11H14ClF2NO2.